The summed E-state index contributed by atoms with van der Waals surface area (Å²) in [5.74, 6) is 0. The second-order valence-electron chi connectivity index (χ2n) is 0. The van der Waals surface area contributed by atoms with E-state index in [1.54, 1.807) is 0 Å². The van der Waals surface area contributed by atoms with Crippen molar-refractivity contribution in [2.75, 3.05) is 0 Å². The van der Waals surface area contributed by atoms with Crippen LogP contribution in [0.25, 0.3) is 0 Å². The molecule has 0 aliphatic rings. The van der Waals surface area contributed by atoms with Gasteiger partial charge in [-0.3, -0.25) is 0 Å². The summed E-state index contributed by atoms with van der Waals surface area (Å²) in [5.41, 5.74) is 0. The first-order valence-electron chi connectivity index (χ1n) is 0.412. The van der Waals surface area contributed by atoms with E-state index >= 15 is 0 Å². The molecule has 0 aromatic rings. The molecule has 0 radical (unpaired) electrons. The van der Waals surface area contributed by atoms with E-state index in [0.717, 1.165) is 0 Å². The van der Waals surface area contributed by atoms with Gasteiger partial charge in [0.15, 0.2) is 0 Å². The third-order valence-corrected chi connectivity index (χ3v) is 0. The zero-order valence-corrected chi connectivity index (χ0v) is 2.77. The average molecular weight is 110 g/mol. The molecule has 0 aliphatic carbocycles. The molecular weight excluding hydrogens is 108 g/mol. The van der Waals surface area contributed by atoms with Crippen molar-refractivity contribution in [3.8, 4) is 0 Å². The van der Waals surface area contributed by atoms with E-state index in [0.29, 0.717) is 0 Å². The third-order valence-electron chi connectivity index (χ3n) is 0. The SMILES string of the molecule is C=O.[O]=[Cu]. The Morgan fingerprint density at radius 3 is 1.25 bits per heavy atom. The minimum absolute atomic E-state index is 2.00. The van der Waals surface area contributed by atoms with Gasteiger partial charge >= 0.3 is 19.8 Å². The van der Waals surface area contributed by atoms with Gasteiger partial charge in [0.25, 0.3) is 0 Å². The zero-order chi connectivity index (χ0) is 4.00. The Labute approximate surface area is 32.2 Å². The van der Waals surface area contributed by atoms with Crippen LogP contribution in [0.3, 0.4) is 0 Å². The molecular formula is CH2CuO2. The molecule has 0 aliphatic heterocycles. The Kier molecular flexibility index (Phi) is 241000. The second-order valence-corrected chi connectivity index (χ2v) is 0. The van der Waals surface area contributed by atoms with E-state index in [1.165, 1.54) is 0 Å². The normalized spacial score (nSPS) is 2.50. The van der Waals surface area contributed by atoms with Crippen molar-refractivity contribution < 1.29 is 24.6 Å². The van der Waals surface area contributed by atoms with Crippen LogP contribution in [0.5, 0.6) is 0 Å². The Morgan fingerprint density at radius 1 is 1.25 bits per heavy atom. The van der Waals surface area contributed by atoms with Gasteiger partial charge in [-0.25, -0.2) is 0 Å². The molecule has 0 saturated heterocycles. The topological polar surface area (TPSA) is 34.1 Å². The predicted molar refractivity (Wildman–Crippen MR) is 7.81 cm³/mol. The fourth-order valence-corrected chi connectivity index (χ4v) is 0. The maximum atomic E-state index is 8.00. The molecule has 0 saturated carbocycles. The first-order chi connectivity index (χ1) is 2.00. The predicted octanol–water partition coefficient (Wildman–Crippen LogP) is -0.306. The van der Waals surface area contributed by atoms with Gasteiger partial charge in [0.2, 0.25) is 0 Å². The Hall–Kier alpha value is -0.0105. The van der Waals surface area contributed by atoms with E-state index in [-0.39, 0.29) is 0 Å². The van der Waals surface area contributed by atoms with Crippen molar-refractivity contribution in [3.05, 3.63) is 0 Å². The summed E-state index contributed by atoms with van der Waals surface area (Å²) in [6.45, 7) is 2.00. The molecule has 0 fully saturated rings. The number of hydrogen-bond acceptors (Lipinski definition) is 2. The number of carbonyl (C=O) groups is 1. The van der Waals surface area contributed by atoms with E-state index in [4.69, 9.17) is 8.63 Å². The minimum atomic E-state index is 2.00. The summed E-state index contributed by atoms with van der Waals surface area (Å²) >= 11 is 2.94. The molecule has 4 heavy (non-hydrogen) atoms. The molecule has 0 N–H and O–H groups in total. The van der Waals surface area contributed by atoms with Crippen LogP contribution in [0, 0.1) is 0 Å². The van der Waals surface area contributed by atoms with Gasteiger partial charge < -0.3 is 4.79 Å². The van der Waals surface area contributed by atoms with Gasteiger partial charge in [0, 0.05) is 0 Å². The summed E-state index contributed by atoms with van der Waals surface area (Å²) in [6, 6.07) is 0. The summed E-state index contributed by atoms with van der Waals surface area (Å²) in [6.07, 6.45) is 0. The van der Waals surface area contributed by atoms with E-state index in [9.17, 15) is 0 Å². The summed E-state index contributed by atoms with van der Waals surface area (Å²) in [7, 11) is 0. The molecule has 0 atom stereocenters. The van der Waals surface area contributed by atoms with E-state index < -0.39 is 0 Å². The van der Waals surface area contributed by atoms with Crippen LogP contribution in [0.2, 0.25) is 0 Å². The molecule has 0 aromatic heterocycles. The van der Waals surface area contributed by atoms with Crippen molar-refractivity contribution in [1.82, 2.24) is 0 Å². The summed E-state index contributed by atoms with van der Waals surface area (Å²) < 4.78 is 7.81. The Morgan fingerprint density at radius 2 is 1.25 bits per heavy atom. The monoisotopic (exact) mass is 109 g/mol. The Balaban J connectivity index is 0. The van der Waals surface area contributed by atoms with Gasteiger partial charge in [-0.05, 0) is 0 Å². The van der Waals surface area contributed by atoms with Crippen LogP contribution >= 0.6 is 0 Å². The van der Waals surface area contributed by atoms with Gasteiger partial charge in [-0.15, -0.1) is 0 Å². The van der Waals surface area contributed by atoms with Crippen molar-refractivity contribution in [2.24, 2.45) is 0 Å². The molecule has 0 amide bonds. The molecule has 0 unspecified atom stereocenters. The molecule has 2 nitrogen and oxygen atoms in total. The molecule has 3 heteroatoms. The molecule has 0 bridgehead atoms. The molecule has 0 heterocycles. The van der Waals surface area contributed by atoms with Crippen molar-refractivity contribution >= 4 is 6.79 Å². The van der Waals surface area contributed by atoms with Crippen LogP contribution in [-0.4, -0.2) is 6.79 Å². The van der Waals surface area contributed by atoms with Gasteiger partial charge in [-0.2, -0.15) is 0 Å². The molecule has 29 valence electrons. The first-order valence-corrected chi connectivity index (χ1v) is 0.796. The van der Waals surface area contributed by atoms with Crippen LogP contribution < -0.4 is 0 Å². The number of hydrogen-bond donors (Lipinski definition) is 0. The molecule has 0 spiro atoms. The van der Waals surface area contributed by atoms with Gasteiger partial charge in [-0.1, -0.05) is 0 Å². The Bertz CT molecular complexity index is 8.00. The second kappa shape index (κ2) is 107000. The van der Waals surface area contributed by atoms with E-state index in [1.807, 2.05) is 6.79 Å². The average Bonchev–Trinajstić information content (AvgIpc) is 1.50. The fourth-order valence-electron chi connectivity index (χ4n) is 0. The van der Waals surface area contributed by atoms with Crippen LogP contribution in [0.1, 0.15) is 0 Å². The molecule has 0 rings (SSSR count). The first kappa shape index (κ1) is 9.01. The third kappa shape index (κ3) is 17600. The van der Waals surface area contributed by atoms with Crippen molar-refractivity contribution in [3.63, 3.8) is 0 Å². The molecule has 0 aromatic carbocycles. The van der Waals surface area contributed by atoms with Crippen LogP contribution in [-0.2, 0) is 24.6 Å². The zero-order valence-electron chi connectivity index (χ0n) is 1.83. The van der Waals surface area contributed by atoms with Gasteiger partial charge in [0.1, 0.15) is 6.79 Å². The maximum absolute atomic E-state index is 8.00. The van der Waals surface area contributed by atoms with Crippen LogP contribution in [0.4, 0.5) is 0 Å². The van der Waals surface area contributed by atoms with Crippen molar-refractivity contribution in [2.45, 2.75) is 0 Å². The standard InChI is InChI=1S/CH2O.Cu.O/c1-2;;/h1H2;;. The van der Waals surface area contributed by atoms with E-state index in [2.05, 4.69) is 15.9 Å². The summed E-state index contributed by atoms with van der Waals surface area (Å²) in [5, 5.41) is 0. The summed E-state index contributed by atoms with van der Waals surface area (Å²) in [4.78, 5) is 8.00. The van der Waals surface area contributed by atoms with Crippen LogP contribution in [0.15, 0.2) is 0 Å². The van der Waals surface area contributed by atoms with Crippen molar-refractivity contribution in [1.29, 1.82) is 0 Å². The fraction of sp³-hybridized carbons (Fsp3) is 0. The van der Waals surface area contributed by atoms with Gasteiger partial charge in [0.05, 0.1) is 0 Å². The quantitative estimate of drug-likeness (QED) is 0.400. The number of rotatable bonds is 0. The number of carbonyl (C=O) groups excluding carboxylic acids is 1.